The standard InChI is InChI=1S/C14H16F4N2O/c15-10-5-4-9(11(7-10)14(16,17)18)8-20-12-3-1-2-6-19-13(12)21/h4-5,7,12,20H,1-3,6,8H2,(H,19,21). The number of rotatable bonds is 3. The second-order valence-electron chi connectivity index (χ2n) is 5.02. The van der Waals surface area contributed by atoms with Crippen LogP contribution in [0.1, 0.15) is 30.4 Å². The summed E-state index contributed by atoms with van der Waals surface area (Å²) in [6.07, 6.45) is -2.36. The Morgan fingerprint density at radius 3 is 2.76 bits per heavy atom. The third-order valence-corrected chi connectivity index (χ3v) is 3.45. The molecule has 3 nitrogen and oxygen atoms in total. The number of benzene rings is 1. The summed E-state index contributed by atoms with van der Waals surface area (Å²) < 4.78 is 51.6. The molecular formula is C14H16F4N2O. The third-order valence-electron chi connectivity index (χ3n) is 3.45. The molecule has 0 bridgehead atoms. The number of halogens is 4. The first kappa shape index (κ1) is 15.8. The van der Waals surface area contributed by atoms with E-state index in [-0.39, 0.29) is 18.0 Å². The highest BCUT2D eigenvalue weighted by atomic mass is 19.4. The minimum Gasteiger partial charge on any atom is -0.355 e. The third kappa shape index (κ3) is 4.17. The zero-order valence-corrected chi connectivity index (χ0v) is 11.3. The van der Waals surface area contributed by atoms with E-state index in [0.717, 1.165) is 25.0 Å². The van der Waals surface area contributed by atoms with Gasteiger partial charge in [0.05, 0.1) is 11.6 Å². The molecule has 0 aliphatic carbocycles. The Labute approximate surface area is 119 Å². The molecule has 1 atom stereocenters. The second kappa shape index (κ2) is 6.43. The molecule has 0 aromatic heterocycles. The molecule has 21 heavy (non-hydrogen) atoms. The number of carbonyl (C=O) groups is 1. The summed E-state index contributed by atoms with van der Waals surface area (Å²) in [4.78, 5) is 11.7. The van der Waals surface area contributed by atoms with Crippen LogP contribution in [0.4, 0.5) is 17.6 Å². The predicted octanol–water partition coefficient (Wildman–Crippen LogP) is 2.60. The monoisotopic (exact) mass is 304 g/mol. The smallest absolute Gasteiger partial charge is 0.355 e. The first-order valence-electron chi connectivity index (χ1n) is 6.74. The van der Waals surface area contributed by atoms with Crippen LogP contribution in [-0.4, -0.2) is 18.5 Å². The van der Waals surface area contributed by atoms with Gasteiger partial charge in [0.25, 0.3) is 0 Å². The average Bonchev–Trinajstić information content (AvgIpc) is 2.61. The second-order valence-corrected chi connectivity index (χ2v) is 5.02. The topological polar surface area (TPSA) is 41.1 Å². The van der Waals surface area contributed by atoms with Crippen molar-refractivity contribution in [2.45, 2.75) is 38.0 Å². The molecule has 0 radical (unpaired) electrons. The van der Waals surface area contributed by atoms with Gasteiger partial charge >= 0.3 is 6.18 Å². The van der Waals surface area contributed by atoms with Crippen molar-refractivity contribution >= 4 is 5.91 Å². The van der Waals surface area contributed by atoms with Gasteiger partial charge in [-0.1, -0.05) is 6.07 Å². The lowest BCUT2D eigenvalue weighted by Crippen LogP contribution is -2.42. The van der Waals surface area contributed by atoms with Crippen molar-refractivity contribution in [3.63, 3.8) is 0 Å². The molecule has 1 amide bonds. The van der Waals surface area contributed by atoms with Gasteiger partial charge in [0.15, 0.2) is 0 Å². The lowest BCUT2D eigenvalue weighted by atomic mass is 10.1. The first-order chi connectivity index (χ1) is 9.88. The van der Waals surface area contributed by atoms with Crippen molar-refractivity contribution in [1.82, 2.24) is 10.6 Å². The van der Waals surface area contributed by atoms with Crippen molar-refractivity contribution in [2.75, 3.05) is 6.54 Å². The largest absolute Gasteiger partial charge is 0.416 e. The minimum absolute atomic E-state index is 0.0686. The van der Waals surface area contributed by atoms with E-state index in [1.165, 1.54) is 0 Å². The molecule has 1 aliphatic heterocycles. The molecule has 1 heterocycles. The Morgan fingerprint density at radius 1 is 1.29 bits per heavy atom. The van der Waals surface area contributed by atoms with Crippen LogP contribution < -0.4 is 10.6 Å². The molecule has 0 spiro atoms. The molecule has 1 fully saturated rings. The van der Waals surface area contributed by atoms with Gasteiger partial charge in [0.2, 0.25) is 5.91 Å². The average molecular weight is 304 g/mol. The summed E-state index contributed by atoms with van der Waals surface area (Å²) in [6, 6.07) is 2.04. The van der Waals surface area contributed by atoms with E-state index in [1.54, 1.807) is 0 Å². The summed E-state index contributed by atoms with van der Waals surface area (Å²) in [6.45, 7) is 0.453. The lowest BCUT2D eigenvalue weighted by molar-refractivity contribution is -0.138. The van der Waals surface area contributed by atoms with E-state index in [9.17, 15) is 22.4 Å². The van der Waals surface area contributed by atoms with Crippen LogP contribution in [0.3, 0.4) is 0 Å². The van der Waals surface area contributed by atoms with Gasteiger partial charge in [-0.3, -0.25) is 4.79 Å². The predicted molar refractivity (Wildman–Crippen MR) is 68.9 cm³/mol. The van der Waals surface area contributed by atoms with Crippen LogP contribution in [-0.2, 0) is 17.5 Å². The highest BCUT2D eigenvalue weighted by molar-refractivity contribution is 5.81. The van der Waals surface area contributed by atoms with Crippen LogP contribution in [0.25, 0.3) is 0 Å². The first-order valence-corrected chi connectivity index (χ1v) is 6.74. The minimum atomic E-state index is -4.62. The van der Waals surface area contributed by atoms with Crippen molar-refractivity contribution in [2.24, 2.45) is 0 Å². The van der Waals surface area contributed by atoms with Crippen molar-refractivity contribution in [3.05, 3.63) is 35.1 Å². The molecule has 7 heteroatoms. The van der Waals surface area contributed by atoms with Gasteiger partial charge in [-0.2, -0.15) is 13.2 Å². The number of hydrogen-bond donors (Lipinski definition) is 2. The number of alkyl halides is 3. The fraction of sp³-hybridized carbons (Fsp3) is 0.500. The van der Waals surface area contributed by atoms with Crippen LogP contribution in [0, 0.1) is 5.82 Å². The summed E-state index contributed by atoms with van der Waals surface area (Å²) in [5.41, 5.74) is -1.08. The number of carbonyl (C=O) groups excluding carboxylic acids is 1. The summed E-state index contributed by atoms with van der Waals surface area (Å²) >= 11 is 0. The quantitative estimate of drug-likeness (QED) is 0.843. The van der Waals surface area contributed by atoms with Crippen molar-refractivity contribution in [1.29, 1.82) is 0 Å². The van der Waals surface area contributed by atoms with E-state index < -0.39 is 23.6 Å². The highest BCUT2D eigenvalue weighted by Crippen LogP contribution is 2.32. The van der Waals surface area contributed by atoms with E-state index in [1.807, 2.05) is 0 Å². The zero-order chi connectivity index (χ0) is 15.5. The molecule has 1 aromatic rings. The van der Waals surface area contributed by atoms with Gasteiger partial charge in [-0.15, -0.1) is 0 Å². The molecule has 116 valence electrons. The maximum Gasteiger partial charge on any atom is 0.416 e. The van der Waals surface area contributed by atoms with E-state index in [4.69, 9.17) is 0 Å². The van der Waals surface area contributed by atoms with Crippen LogP contribution >= 0.6 is 0 Å². The number of hydrogen-bond acceptors (Lipinski definition) is 2. The van der Waals surface area contributed by atoms with Crippen molar-refractivity contribution in [3.8, 4) is 0 Å². The SMILES string of the molecule is O=C1NCCCCC1NCc1ccc(F)cc1C(F)(F)F. The maximum absolute atomic E-state index is 13.0. The Hall–Kier alpha value is -1.63. The summed E-state index contributed by atoms with van der Waals surface area (Å²) in [5.74, 6) is -1.14. The van der Waals surface area contributed by atoms with Crippen LogP contribution in [0.15, 0.2) is 18.2 Å². The van der Waals surface area contributed by atoms with E-state index in [2.05, 4.69) is 10.6 Å². The van der Waals surface area contributed by atoms with Gasteiger partial charge < -0.3 is 10.6 Å². The molecular weight excluding hydrogens is 288 g/mol. The molecule has 2 rings (SSSR count). The summed E-state index contributed by atoms with van der Waals surface area (Å²) in [7, 11) is 0. The Kier molecular flexibility index (Phi) is 4.82. The van der Waals surface area contributed by atoms with E-state index in [0.29, 0.717) is 19.0 Å². The van der Waals surface area contributed by atoms with Crippen LogP contribution in [0.5, 0.6) is 0 Å². The van der Waals surface area contributed by atoms with Gasteiger partial charge in [0.1, 0.15) is 5.82 Å². The van der Waals surface area contributed by atoms with Gasteiger partial charge in [-0.05, 0) is 37.0 Å². The fourth-order valence-corrected chi connectivity index (χ4v) is 2.33. The molecule has 1 aromatic carbocycles. The Balaban J connectivity index is 2.10. The van der Waals surface area contributed by atoms with Crippen LogP contribution in [0.2, 0.25) is 0 Å². The Bertz CT molecular complexity index is 516. The molecule has 0 saturated carbocycles. The molecule has 2 N–H and O–H groups in total. The Morgan fingerprint density at radius 2 is 2.05 bits per heavy atom. The van der Waals surface area contributed by atoms with Gasteiger partial charge in [0, 0.05) is 13.1 Å². The maximum atomic E-state index is 13.0. The summed E-state index contributed by atoms with van der Waals surface area (Å²) in [5, 5.41) is 5.53. The number of nitrogens with one attached hydrogen (secondary N) is 2. The molecule has 1 unspecified atom stereocenters. The van der Waals surface area contributed by atoms with Gasteiger partial charge in [-0.25, -0.2) is 4.39 Å². The fourth-order valence-electron chi connectivity index (χ4n) is 2.33. The van der Waals surface area contributed by atoms with Crippen molar-refractivity contribution < 1.29 is 22.4 Å². The molecule has 1 aliphatic rings. The highest BCUT2D eigenvalue weighted by Gasteiger charge is 2.34. The molecule has 1 saturated heterocycles. The zero-order valence-electron chi connectivity index (χ0n) is 11.3. The normalized spacial score (nSPS) is 20.0. The number of amides is 1. The lowest BCUT2D eigenvalue weighted by Gasteiger charge is -2.18. The van der Waals surface area contributed by atoms with E-state index >= 15 is 0 Å².